The van der Waals surface area contributed by atoms with Crippen LogP contribution in [0.4, 0.5) is 5.69 Å². The fraction of sp³-hybridized carbons (Fsp3) is 0.667. The summed E-state index contributed by atoms with van der Waals surface area (Å²) in [7, 11) is 3.86. The highest BCUT2D eigenvalue weighted by Gasteiger charge is 2.23. The van der Waals surface area contributed by atoms with E-state index in [0.29, 0.717) is 12.6 Å². The first kappa shape index (κ1) is 19.2. The molecule has 2 heterocycles. The van der Waals surface area contributed by atoms with Crippen LogP contribution in [0.1, 0.15) is 11.4 Å². The maximum absolute atomic E-state index is 12.0. The normalized spacial score (nSPS) is 14.2. The second kappa shape index (κ2) is 7.83. The first-order chi connectivity index (χ1) is 8.49. The molecular formula is C12H23Cl2N5O. The second-order valence-electron chi connectivity index (χ2n) is 4.94. The van der Waals surface area contributed by atoms with E-state index < -0.39 is 0 Å². The highest BCUT2D eigenvalue weighted by atomic mass is 35.5. The number of halogens is 2. The lowest BCUT2D eigenvalue weighted by molar-refractivity contribution is -0.117. The van der Waals surface area contributed by atoms with E-state index in [2.05, 4.69) is 20.6 Å². The van der Waals surface area contributed by atoms with Gasteiger partial charge in [-0.15, -0.1) is 24.8 Å². The predicted octanol–water partition coefficient (Wildman–Crippen LogP) is 0.723. The summed E-state index contributed by atoms with van der Waals surface area (Å²) in [4.78, 5) is 14.0. The van der Waals surface area contributed by atoms with Crippen molar-refractivity contribution in [3.63, 3.8) is 0 Å². The summed E-state index contributed by atoms with van der Waals surface area (Å²) in [5.41, 5.74) is 2.67. The summed E-state index contributed by atoms with van der Waals surface area (Å²) < 4.78 is 1.78. The number of aromatic nitrogens is 2. The fourth-order valence-electron chi connectivity index (χ4n) is 2.07. The van der Waals surface area contributed by atoms with Crippen LogP contribution in [0.3, 0.4) is 0 Å². The van der Waals surface area contributed by atoms with Crippen LogP contribution in [0.2, 0.25) is 0 Å². The standard InChI is InChI=1S/C12H21N5O.2ClH/c1-8-12(9(2)17(4)15-8)14-11(18)7-16(3)10-5-13-6-10;;/h10,13H,5-7H2,1-4H3,(H,14,18);2*1H. The molecule has 0 atom stereocenters. The molecule has 0 spiro atoms. The maximum atomic E-state index is 12.0. The zero-order chi connectivity index (χ0) is 13.3. The molecule has 1 fully saturated rings. The lowest BCUT2D eigenvalue weighted by atomic mass is 10.1. The first-order valence-corrected chi connectivity index (χ1v) is 6.20. The Bertz CT molecular complexity index is 459. The maximum Gasteiger partial charge on any atom is 0.238 e. The Morgan fingerprint density at radius 1 is 1.45 bits per heavy atom. The molecule has 1 aromatic rings. The van der Waals surface area contributed by atoms with Crippen molar-refractivity contribution < 1.29 is 4.79 Å². The molecular weight excluding hydrogens is 301 g/mol. The lowest BCUT2D eigenvalue weighted by Gasteiger charge is -2.35. The van der Waals surface area contributed by atoms with E-state index >= 15 is 0 Å². The van der Waals surface area contributed by atoms with Crippen LogP contribution < -0.4 is 10.6 Å². The largest absolute Gasteiger partial charge is 0.322 e. The molecule has 1 saturated heterocycles. The topological polar surface area (TPSA) is 62.2 Å². The number of nitrogens with one attached hydrogen (secondary N) is 2. The van der Waals surface area contributed by atoms with Gasteiger partial charge in [0.15, 0.2) is 0 Å². The summed E-state index contributed by atoms with van der Waals surface area (Å²) in [6, 6.07) is 0.479. The molecule has 0 saturated carbocycles. The van der Waals surface area contributed by atoms with Gasteiger partial charge >= 0.3 is 0 Å². The zero-order valence-corrected chi connectivity index (χ0v) is 13.9. The molecule has 0 radical (unpaired) electrons. The van der Waals surface area contributed by atoms with Gasteiger partial charge in [-0.1, -0.05) is 0 Å². The Kier molecular flexibility index (Phi) is 7.51. The summed E-state index contributed by atoms with van der Waals surface area (Å²) in [5, 5.41) is 10.4. The quantitative estimate of drug-likeness (QED) is 0.857. The van der Waals surface area contributed by atoms with Crippen molar-refractivity contribution in [3.8, 4) is 0 Å². The molecule has 1 aliphatic heterocycles. The van der Waals surface area contributed by atoms with Crippen molar-refractivity contribution in [1.82, 2.24) is 20.0 Å². The van der Waals surface area contributed by atoms with Crippen molar-refractivity contribution in [2.45, 2.75) is 19.9 Å². The second-order valence-corrected chi connectivity index (χ2v) is 4.94. The van der Waals surface area contributed by atoms with Crippen LogP contribution in [0.15, 0.2) is 0 Å². The van der Waals surface area contributed by atoms with Gasteiger partial charge in [-0.2, -0.15) is 5.10 Å². The average Bonchev–Trinajstić information content (AvgIpc) is 2.42. The molecule has 0 aliphatic carbocycles. The van der Waals surface area contributed by atoms with Crippen molar-refractivity contribution >= 4 is 36.4 Å². The third-order valence-corrected chi connectivity index (χ3v) is 3.55. The monoisotopic (exact) mass is 323 g/mol. The Balaban J connectivity index is 0.00000180. The highest BCUT2D eigenvalue weighted by Crippen LogP contribution is 2.18. The molecule has 0 aromatic carbocycles. The molecule has 116 valence electrons. The first-order valence-electron chi connectivity index (χ1n) is 6.20. The molecule has 0 bridgehead atoms. The molecule has 1 aromatic heterocycles. The van der Waals surface area contributed by atoms with E-state index in [4.69, 9.17) is 0 Å². The molecule has 2 rings (SSSR count). The van der Waals surface area contributed by atoms with Gasteiger partial charge in [0.2, 0.25) is 5.91 Å². The van der Waals surface area contributed by atoms with Gasteiger partial charge in [0, 0.05) is 26.2 Å². The Morgan fingerprint density at radius 2 is 2.05 bits per heavy atom. The molecule has 0 unspecified atom stereocenters. The predicted molar refractivity (Wildman–Crippen MR) is 85.1 cm³/mol. The van der Waals surface area contributed by atoms with Crippen molar-refractivity contribution in [2.75, 3.05) is 32.0 Å². The Labute approximate surface area is 132 Å². The zero-order valence-electron chi connectivity index (χ0n) is 12.3. The summed E-state index contributed by atoms with van der Waals surface area (Å²) in [6.45, 7) is 6.21. The van der Waals surface area contributed by atoms with Gasteiger partial charge in [-0.3, -0.25) is 14.4 Å². The van der Waals surface area contributed by atoms with Gasteiger partial charge in [0.25, 0.3) is 0 Å². The average molecular weight is 324 g/mol. The molecule has 6 nitrogen and oxygen atoms in total. The Morgan fingerprint density at radius 3 is 2.45 bits per heavy atom. The fourth-order valence-corrected chi connectivity index (χ4v) is 2.07. The minimum absolute atomic E-state index is 0. The molecule has 1 amide bonds. The minimum Gasteiger partial charge on any atom is -0.322 e. The number of anilines is 1. The van der Waals surface area contributed by atoms with E-state index in [-0.39, 0.29) is 30.7 Å². The van der Waals surface area contributed by atoms with Gasteiger partial charge in [0.1, 0.15) is 0 Å². The molecule has 20 heavy (non-hydrogen) atoms. The SMILES string of the molecule is Cc1nn(C)c(C)c1NC(=O)CN(C)C1CNC1.Cl.Cl. The molecule has 1 aliphatic rings. The van der Waals surface area contributed by atoms with Crippen molar-refractivity contribution in [3.05, 3.63) is 11.4 Å². The highest BCUT2D eigenvalue weighted by molar-refractivity contribution is 5.93. The van der Waals surface area contributed by atoms with E-state index in [1.54, 1.807) is 4.68 Å². The van der Waals surface area contributed by atoms with E-state index in [1.807, 2.05) is 27.9 Å². The van der Waals surface area contributed by atoms with Crippen LogP contribution in [0, 0.1) is 13.8 Å². The third kappa shape index (κ3) is 4.09. The number of nitrogens with zero attached hydrogens (tertiary/aromatic N) is 3. The van der Waals surface area contributed by atoms with Gasteiger partial charge in [0.05, 0.1) is 23.6 Å². The number of carbonyl (C=O) groups is 1. The number of hydrogen-bond acceptors (Lipinski definition) is 4. The number of hydrogen-bond donors (Lipinski definition) is 2. The summed E-state index contributed by atoms with van der Waals surface area (Å²) in [6.07, 6.45) is 0. The van der Waals surface area contributed by atoms with Crippen molar-refractivity contribution in [2.24, 2.45) is 7.05 Å². The number of likely N-dealkylation sites (N-methyl/N-ethyl adjacent to an activating group) is 1. The van der Waals surface area contributed by atoms with Crippen molar-refractivity contribution in [1.29, 1.82) is 0 Å². The van der Waals surface area contributed by atoms with Gasteiger partial charge in [-0.25, -0.2) is 0 Å². The third-order valence-electron chi connectivity index (χ3n) is 3.55. The Hall–Kier alpha value is -0.820. The smallest absolute Gasteiger partial charge is 0.238 e. The van der Waals surface area contributed by atoms with Crippen LogP contribution in [-0.4, -0.2) is 53.3 Å². The number of amides is 1. The minimum atomic E-state index is 0. The van der Waals surface area contributed by atoms with Gasteiger partial charge < -0.3 is 10.6 Å². The van der Waals surface area contributed by atoms with Crippen LogP contribution in [0.25, 0.3) is 0 Å². The van der Waals surface area contributed by atoms with Gasteiger partial charge in [-0.05, 0) is 20.9 Å². The van der Waals surface area contributed by atoms with E-state index in [1.165, 1.54) is 0 Å². The molecule has 2 N–H and O–H groups in total. The van der Waals surface area contributed by atoms with E-state index in [9.17, 15) is 4.79 Å². The lowest BCUT2D eigenvalue weighted by Crippen LogP contribution is -2.57. The number of carbonyl (C=O) groups excluding carboxylic acids is 1. The van der Waals surface area contributed by atoms with Crippen LogP contribution in [-0.2, 0) is 11.8 Å². The summed E-state index contributed by atoms with van der Waals surface area (Å²) >= 11 is 0. The van der Waals surface area contributed by atoms with E-state index in [0.717, 1.165) is 30.2 Å². The summed E-state index contributed by atoms with van der Waals surface area (Å²) in [5.74, 6) is 0.0172. The molecule has 8 heteroatoms. The number of aryl methyl sites for hydroxylation is 2. The number of rotatable bonds is 4. The van der Waals surface area contributed by atoms with Crippen LogP contribution >= 0.6 is 24.8 Å². The van der Waals surface area contributed by atoms with Crippen LogP contribution in [0.5, 0.6) is 0 Å².